The SMILES string of the molecule is CN=C(NCc1cccc(OCCN(C)C)c1)NCC1(c2ccccc2F)CC1. The molecule has 156 valence electrons. The molecule has 1 fully saturated rings. The summed E-state index contributed by atoms with van der Waals surface area (Å²) in [4.78, 5) is 6.40. The Balaban J connectivity index is 1.51. The van der Waals surface area contributed by atoms with Crippen LogP contribution in [0.3, 0.4) is 0 Å². The van der Waals surface area contributed by atoms with Crippen LogP contribution in [0.25, 0.3) is 0 Å². The van der Waals surface area contributed by atoms with Crippen molar-refractivity contribution >= 4 is 5.96 Å². The zero-order chi connectivity index (χ0) is 20.7. The van der Waals surface area contributed by atoms with Crippen molar-refractivity contribution in [2.45, 2.75) is 24.8 Å². The monoisotopic (exact) mass is 398 g/mol. The number of likely N-dealkylation sites (N-methyl/N-ethyl adjacent to an activating group) is 1. The molecule has 0 saturated heterocycles. The topological polar surface area (TPSA) is 48.9 Å². The number of halogens is 1. The fraction of sp³-hybridized carbons (Fsp3) is 0.435. The van der Waals surface area contributed by atoms with E-state index >= 15 is 0 Å². The fourth-order valence-electron chi connectivity index (χ4n) is 3.33. The van der Waals surface area contributed by atoms with E-state index in [0.29, 0.717) is 25.7 Å². The maximum atomic E-state index is 14.2. The molecule has 0 spiro atoms. The minimum Gasteiger partial charge on any atom is -0.492 e. The summed E-state index contributed by atoms with van der Waals surface area (Å²) in [5.41, 5.74) is 1.79. The van der Waals surface area contributed by atoms with Crippen molar-refractivity contribution < 1.29 is 9.13 Å². The first kappa shape index (κ1) is 21.1. The number of nitrogens with one attached hydrogen (secondary N) is 2. The normalized spacial score (nSPS) is 15.3. The third-order valence-electron chi connectivity index (χ3n) is 5.28. The predicted octanol–water partition coefficient (Wildman–Crippen LogP) is 3.16. The van der Waals surface area contributed by atoms with Crippen molar-refractivity contribution in [3.63, 3.8) is 0 Å². The second-order valence-electron chi connectivity index (χ2n) is 7.84. The molecule has 1 aliphatic rings. The van der Waals surface area contributed by atoms with Crippen molar-refractivity contribution in [2.24, 2.45) is 4.99 Å². The molecule has 5 nitrogen and oxygen atoms in total. The number of rotatable bonds is 9. The molecule has 0 atom stereocenters. The van der Waals surface area contributed by atoms with Crippen molar-refractivity contribution in [3.8, 4) is 5.75 Å². The quantitative estimate of drug-likeness (QED) is 0.503. The zero-order valence-corrected chi connectivity index (χ0v) is 17.5. The number of hydrogen-bond donors (Lipinski definition) is 2. The molecule has 2 N–H and O–H groups in total. The fourth-order valence-corrected chi connectivity index (χ4v) is 3.33. The van der Waals surface area contributed by atoms with Gasteiger partial charge in [-0.2, -0.15) is 0 Å². The standard InChI is InChI=1S/C23H31FN4O/c1-25-22(27-17-23(11-12-23)20-9-4-5-10-21(20)24)26-16-18-7-6-8-19(15-18)29-14-13-28(2)3/h4-10,15H,11-14,16-17H2,1-3H3,(H2,25,26,27). The molecule has 1 aliphatic carbocycles. The summed E-state index contributed by atoms with van der Waals surface area (Å²) < 4.78 is 20.0. The van der Waals surface area contributed by atoms with Crippen LogP contribution in [0.5, 0.6) is 5.75 Å². The molecule has 0 aliphatic heterocycles. The lowest BCUT2D eigenvalue weighted by atomic mass is 9.95. The van der Waals surface area contributed by atoms with E-state index in [-0.39, 0.29) is 11.2 Å². The molecule has 0 unspecified atom stereocenters. The van der Waals surface area contributed by atoms with Crippen LogP contribution >= 0.6 is 0 Å². The molecule has 3 rings (SSSR count). The molecular weight excluding hydrogens is 367 g/mol. The van der Waals surface area contributed by atoms with Crippen molar-refractivity contribution in [1.82, 2.24) is 15.5 Å². The van der Waals surface area contributed by atoms with Crippen LogP contribution in [0.4, 0.5) is 4.39 Å². The Labute approximate surface area is 173 Å². The van der Waals surface area contributed by atoms with Gasteiger partial charge in [0.05, 0.1) is 0 Å². The predicted molar refractivity (Wildman–Crippen MR) is 116 cm³/mol. The average Bonchev–Trinajstić information content (AvgIpc) is 3.49. The van der Waals surface area contributed by atoms with Crippen LogP contribution in [0.15, 0.2) is 53.5 Å². The maximum Gasteiger partial charge on any atom is 0.191 e. The van der Waals surface area contributed by atoms with Crippen molar-refractivity contribution in [3.05, 3.63) is 65.5 Å². The Bertz CT molecular complexity index is 833. The van der Waals surface area contributed by atoms with Gasteiger partial charge in [0.1, 0.15) is 18.2 Å². The first-order valence-electron chi connectivity index (χ1n) is 10.1. The lowest BCUT2D eigenvalue weighted by Gasteiger charge is -2.19. The minimum atomic E-state index is -0.124. The molecule has 2 aromatic rings. The van der Waals surface area contributed by atoms with Crippen LogP contribution in [0.1, 0.15) is 24.0 Å². The van der Waals surface area contributed by atoms with Gasteiger partial charge in [-0.25, -0.2) is 4.39 Å². The Hall–Kier alpha value is -2.60. The lowest BCUT2D eigenvalue weighted by Crippen LogP contribution is -2.41. The Morgan fingerprint density at radius 1 is 1.14 bits per heavy atom. The number of aliphatic imine (C=N–C) groups is 1. The van der Waals surface area contributed by atoms with E-state index < -0.39 is 0 Å². The summed E-state index contributed by atoms with van der Waals surface area (Å²) >= 11 is 0. The molecule has 6 heteroatoms. The van der Waals surface area contributed by atoms with Crippen molar-refractivity contribution in [1.29, 1.82) is 0 Å². The van der Waals surface area contributed by atoms with E-state index in [4.69, 9.17) is 4.74 Å². The zero-order valence-electron chi connectivity index (χ0n) is 17.5. The molecule has 29 heavy (non-hydrogen) atoms. The average molecular weight is 399 g/mol. The van der Waals surface area contributed by atoms with Gasteiger partial charge in [-0.1, -0.05) is 30.3 Å². The van der Waals surface area contributed by atoms with Gasteiger partial charge in [0, 0.05) is 32.1 Å². The Kier molecular flexibility index (Phi) is 7.09. The maximum absolute atomic E-state index is 14.2. The molecule has 0 aromatic heterocycles. The van der Waals surface area contributed by atoms with Crippen LogP contribution in [-0.4, -0.2) is 51.7 Å². The van der Waals surface area contributed by atoms with Gasteiger partial charge < -0.3 is 20.3 Å². The first-order valence-corrected chi connectivity index (χ1v) is 10.1. The molecular formula is C23H31FN4O. The molecule has 0 bridgehead atoms. The largest absolute Gasteiger partial charge is 0.492 e. The number of guanidine groups is 1. The summed E-state index contributed by atoms with van der Waals surface area (Å²) in [5.74, 6) is 1.46. The van der Waals surface area contributed by atoms with Gasteiger partial charge in [0.2, 0.25) is 0 Å². The third-order valence-corrected chi connectivity index (χ3v) is 5.28. The van der Waals surface area contributed by atoms with Crippen LogP contribution < -0.4 is 15.4 Å². The summed E-state index contributed by atoms with van der Waals surface area (Å²) in [6, 6.07) is 15.1. The summed E-state index contributed by atoms with van der Waals surface area (Å²) in [6.07, 6.45) is 1.98. The minimum absolute atomic E-state index is 0.122. The lowest BCUT2D eigenvalue weighted by molar-refractivity contribution is 0.261. The highest BCUT2D eigenvalue weighted by molar-refractivity contribution is 5.79. The second-order valence-corrected chi connectivity index (χ2v) is 7.84. The summed E-state index contributed by atoms with van der Waals surface area (Å²) in [6.45, 7) is 2.84. The molecule has 0 amide bonds. The molecule has 2 aromatic carbocycles. The van der Waals surface area contributed by atoms with E-state index in [1.165, 1.54) is 6.07 Å². The highest BCUT2D eigenvalue weighted by atomic mass is 19.1. The smallest absolute Gasteiger partial charge is 0.191 e. The van der Waals surface area contributed by atoms with Gasteiger partial charge in [-0.05, 0) is 56.3 Å². The van der Waals surface area contributed by atoms with Crippen LogP contribution in [0, 0.1) is 5.82 Å². The molecule has 1 saturated carbocycles. The number of nitrogens with zero attached hydrogens (tertiary/aromatic N) is 2. The summed E-state index contributed by atoms with van der Waals surface area (Å²) in [5, 5.41) is 6.70. The van der Waals surface area contributed by atoms with Crippen LogP contribution in [0.2, 0.25) is 0 Å². The second kappa shape index (κ2) is 9.74. The number of ether oxygens (including phenoxy) is 1. The van der Waals surface area contributed by atoms with E-state index in [0.717, 1.165) is 36.3 Å². The number of benzene rings is 2. The highest BCUT2D eigenvalue weighted by Gasteiger charge is 2.45. The Morgan fingerprint density at radius 2 is 1.93 bits per heavy atom. The molecule has 0 radical (unpaired) electrons. The van der Waals surface area contributed by atoms with Gasteiger partial charge in [0.25, 0.3) is 0 Å². The highest BCUT2D eigenvalue weighted by Crippen LogP contribution is 2.48. The van der Waals surface area contributed by atoms with Crippen LogP contribution in [-0.2, 0) is 12.0 Å². The number of hydrogen-bond acceptors (Lipinski definition) is 3. The van der Waals surface area contributed by atoms with Gasteiger partial charge in [0.15, 0.2) is 5.96 Å². The first-order chi connectivity index (χ1) is 14.0. The van der Waals surface area contributed by atoms with Gasteiger partial charge in [-0.3, -0.25) is 4.99 Å². The van der Waals surface area contributed by atoms with Gasteiger partial charge in [-0.15, -0.1) is 0 Å². The Morgan fingerprint density at radius 3 is 2.62 bits per heavy atom. The van der Waals surface area contributed by atoms with E-state index in [9.17, 15) is 4.39 Å². The van der Waals surface area contributed by atoms with E-state index in [1.807, 2.05) is 44.4 Å². The molecule has 0 heterocycles. The summed E-state index contributed by atoms with van der Waals surface area (Å²) in [7, 11) is 5.80. The van der Waals surface area contributed by atoms with Gasteiger partial charge >= 0.3 is 0 Å². The third kappa shape index (κ3) is 5.94. The van der Waals surface area contributed by atoms with Crippen molar-refractivity contribution in [2.75, 3.05) is 40.8 Å². The van der Waals surface area contributed by atoms with E-state index in [2.05, 4.69) is 26.6 Å². The van der Waals surface area contributed by atoms with E-state index in [1.54, 1.807) is 13.1 Å².